The molecule has 1 N–H and O–H groups in total. The average molecular weight is 265 g/mol. The first-order valence-corrected chi connectivity index (χ1v) is 7.34. The van der Waals surface area contributed by atoms with Crippen LogP contribution in [-0.4, -0.2) is 13.2 Å². The van der Waals surface area contributed by atoms with Crippen LogP contribution in [0.5, 0.6) is 0 Å². The molecule has 0 atom stereocenters. The van der Waals surface area contributed by atoms with Gasteiger partial charge in [0.15, 0.2) is 0 Å². The molecule has 0 saturated heterocycles. The monoisotopic (exact) mass is 265 g/mol. The Bertz CT molecular complexity index is 399. The third-order valence-corrected chi connectivity index (χ3v) is 4.19. The molecule has 19 heavy (non-hydrogen) atoms. The van der Waals surface area contributed by atoms with Crippen LogP contribution in [0.4, 0.5) is 0 Å². The van der Waals surface area contributed by atoms with Crippen molar-refractivity contribution < 1.29 is 9.15 Å². The molecule has 1 aliphatic carbocycles. The summed E-state index contributed by atoms with van der Waals surface area (Å²) in [6.07, 6.45) is 5.29. The molecule has 0 bridgehead atoms. The predicted molar refractivity (Wildman–Crippen MR) is 77.0 cm³/mol. The maximum atomic E-state index is 5.99. The lowest BCUT2D eigenvalue weighted by Crippen LogP contribution is -2.26. The lowest BCUT2D eigenvalue weighted by molar-refractivity contribution is -0.0122. The van der Waals surface area contributed by atoms with E-state index in [4.69, 9.17) is 9.15 Å². The highest BCUT2D eigenvalue weighted by molar-refractivity contribution is 5.20. The van der Waals surface area contributed by atoms with Crippen molar-refractivity contribution in [1.82, 2.24) is 5.32 Å². The Balaban J connectivity index is 1.81. The topological polar surface area (TPSA) is 34.4 Å². The summed E-state index contributed by atoms with van der Waals surface area (Å²) in [7, 11) is 1.95. The van der Waals surface area contributed by atoms with Crippen molar-refractivity contribution in [3.8, 4) is 0 Å². The number of hydrogen-bond acceptors (Lipinski definition) is 3. The Morgan fingerprint density at radius 1 is 1.37 bits per heavy atom. The third kappa shape index (κ3) is 4.08. The summed E-state index contributed by atoms with van der Waals surface area (Å²) in [4.78, 5) is 0. The molecule has 0 radical (unpaired) electrons. The van der Waals surface area contributed by atoms with Crippen LogP contribution >= 0.6 is 0 Å². The fourth-order valence-corrected chi connectivity index (χ4v) is 2.76. The summed E-state index contributed by atoms with van der Waals surface area (Å²) >= 11 is 0. The molecular formula is C16H27NO2. The van der Waals surface area contributed by atoms with E-state index in [2.05, 4.69) is 25.2 Å². The Labute approximate surface area is 116 Å². The van der Waals surface area contributed by atoms with Crippen molar-refractivity contribution in [3.63, 3.8) is 0 Å². The molecule has 108 valence electrons. The fraction of sp³-hybridized carbons (Fsp3) is 0.750. The van der Waals surface area contributed by atoms with Gasteiger partial charge in [0.1, 0.15) is 18.1 Å². The normalized spacial score (nSPS) is 19.8. The number of furan rings is 1. The zero-order valence-corrected chi connectivity index (χ0v) is 12.7. The van der Waals surface area contributed by atoms with Crippen LogP contribution in [0.2, 0.25) is 0 Å². The summed E-state index contributed by atoms with van der Waals surface area (Å²) < 4.78 is 11.7. The number of ether oxygens (including phenoxy) is 1. The predicted octanol–water partition coefficient (Wildman–Crippen LogP) is 3.79. The van der Waals surface area contributed by atoms with Gasteiger partial charge in [0.25, 0.3) is 0 Å². The van der Waals surface area contributed by atoms with E-state index in [0.29, 0.717) is 18.1 Å². The highest BCUT2D eigenvalue weighted by Crippen LogP contribution is 2.36. The summed E-state index contributed by atoms with van der Waals surface area (Å²) in [6, 6.07) is 2.11. The van der Waals surface area contributed by atoms with E-state index in [1.54, 1.807) is 0 Å². The van der Waals surface area contributed by atoms with Gasteiger partial charge in [-0.05, 0) is 51.1 Å². The smallest absolute Gasteiger partial charge is 0.130 e. The van der Waals surface area contributed by atoms with E-state index in [1.807, 2.05) is 14.0 Å². The van der Waals surface area contributed by atoms with Gasteiger partial charge in [0.2, 0.25) is 0 Å². The Morgan fingerprint density at radius 2 is 2.05 bits per heavy atom. The van der Waals surface area contributed by atoms with Crippen molar-refractivity contribution in [2.24, 2.45) is 5.41 Å². The van der Waals surface area contributed by atoms with Gasteiger partial charge in [-0.25, -0.2) is 0 Å². The second-order valence-corrected chi connectivity index (χ2v) is 6.50. The molecule has 1 heterocycles. The lowest BCUT2D eigenvalue weighted by atomic mass is 9.76. The number of nitrogens with one attached hydrogen (secondary N) is 1. The minimum absolute atomic E-state index is 0.409. The van der Waals surface area contributed by atoms with Gasteiger partial charge in [-0.15, -0.1) is 0 Å². The van der Waals surface area contributed by atoms with Crippen LogP contribution in [0.25, 0.3) is 0 Å². The first-order valence-electron chi connectivity index (χ1n) is 7.34. The van der Waals surface area contributed by atoms with E-state index in [1.165, 1.54) is 31.2 Å². The minimum atomic E-state index is 0.409. The number of hydrogen-bond donors (Lipinski definition) is 1. The molecule has 3 nitrogen and oxygen atoms in total. The van der Waals surface area contributed by atoms with Crippen LogP contribution < -0.4 is 5.32 Å². The van der Waals surface area contributed by atoms with Crippen molar-refractivity contribution in [2.45, 2.75) is 65.7 Å². The van der Waals surface area contributed by atoms with Crippen LogP contribution in [0, 0.1) is 12.3 Å². The molecule has 2 rings (SSSR count). The zero-order chi connectivity index (χ0) is 13.9. The molecular weight excluding hydrogens is 238 g/mol. The summed E-state index contributed by atoms with van der Waals surface area (Å²) in [5.74, 6) is 1.95. The van der Waals surface area contributed by atoms with Crippen molar-refractivity contribution in [2.75, 3.05) is 7.05 Å². The van der Waals surface area contributed by atoms with Gasteiger partial charge in [-0.2, -0.15) is 0 Å². The Morgan fingerprint density at radius 3 is 2.68 bits per heavy atom. The number of aryl methyl sites for hydroxylation is 1. The maximum absolute atomic E-state index is 5.99. The van der Waals surface area contributed by atoms with Gasteiger partial charge in [0, 0.05) is 12.1 Å². The van der Waals surface area contributed by atoms with Gasteiger partial charge < -0.3 is 14.5 Å². The Hall–Kier alpha value is -0.800. The van der Waals surface area contributed by atoms with Crippen molar-refractivity contribution in [3.05, 3.63) is 23.2 Å². The molecule has 1 fully saturated rings. The van der Waals surface area contributed by atoms with Crippen LogP contribution in [0.3, 0.4) is 0 Å². The van der Waals surface area contributed by atoms with E-state index >= 15 is 0 Å². The van der Waals surface area contributed by atoms with Crippen LogP contribution in [0.1, 0.15) is 56.6 Å². The molecule has 0 amide bonds. The first kappa shape index (κ1) is 14.6. The van der Waals surface area contributed by atoms with E-state index in [-0.39, 0.29) is 0 Å². The standard InChI is InChI=1S/C16H27NO2/c1-12-13(10-17-4)9-15(19-12)11-18-14-5-7-16(2,3)8-6-14/h9,14,17H,5-8,10-11H2,1-4H3. The lowest BCUT2D eigenvalue weighted by Gasteiger charge is -2.33. The highest BCUT2D eigenvalue weighted by atomic mass is 16.5. The third-order valence-electron chi connectivity index (χ3n) is 4.19. The molecule has 1 saturated carbocycles. The SMILES string of the molecule is CNCc1cc(COC2CCC(C)(C)CC2)oc1C. The van der Waals surface area contributed by atoms with Crippen LogP contribution in [-0.2, 0) is 17.9 Å². The molecule has 0 aliphatic heterocycles. The van der Waals surface area contributed by atoms with E-state index in [9.17, 15) is 0 Å². The summed E-state index contributed by atoms with van der Waals surface area (Å²) in [5, 5.41) is 3.15. The zero-order valence-electron chi connectivity index (χ0n) is 12.7. The second-order valence-electron chi connectivity index (χ2n) is 6.50. The Kier molecular flexibility index (Phi) is 4.69. The molecule has 0 unspecified atom stereocenters. The summed E-state index contributed by atoms with van der Waals surface area (Å²) in [5.41, 5.74) is 1.73. The molecule has 3 heteroatoms. The molecule has 0 spiro atoms. The van der Waals surface area contributed by atoms with Gasteiger partial charge >= 0.3 is 0 Å². The second kappa shape index (κ2) is 6.10. The minimum Gasteiger partial charge on any atom is -0.464 e. The highest BCUT2D eigenvalue weighted by Gasteiger charge is 2.27. The first-order chi connectivity index (χ1) is 9.00. The van der Waals surface area contributed by atoms with Crippen LogP contribution in [0.15, 0.2) is 10.5 Å². The van der Waals surface area contributed by atoms with E-state index in [0.717, 1.165) is 18.1 Å². The quantitative estimate of drug-likeness (QED) is 0.879. The molecule has 1 aromatic heterocycles. The number of rotatable bonds is 5. The van der Waals surface area contributed by atoms with Gasteiger partial charge in [0.05, 0.1) is 6.10 Å². The molecule has 1 aromatic rings. The molecule has 1 aliphatic rings. The molecule has 0 aromatic carbocycles. The summed E-state index contributed by atoms with van der Waals surface area (Å²) in [6.45, 7) is 8.17. The average Bonchev–Trinajstić information content (AvgIpc) is 2.69. The maximum Gasteiger partial charge on any atom is 0.130 e. The van der Waals surface area contributed by atoms with Gasteiger partial charge in [-0.3, -0.25) is 0 Å². The fourth-order valence-electron chi connectivity index (χ4n) is 2.76. The largest absolute Gasteiger partial charge is 0.464 e. The van der Waals surface area contributed by atoms with Crippen molar-refractivity contribution >= 4 is 0 Å². The van der Waals surface area contributed by atoms with Crippen molar-refractivity contribution in [1.29, 1.82) is 0 Å². The van der Waals surface area contributed by atoms with Gasteiger partial charge in [-0.1, -0.05) is 13.8 Å². The van der Waals surface area contributed by atoms with E-state index < -0.39 is 0 Å².